The van der Waals surface area contributed by atoms with Crippen LogP contribution < -0.4 is 10.5 Å². The van der Waals surface area contributed by atoms with E-state index in [0.29, 0.717) is 11.6 Å². The maximum atomic E-state index is 11.4. The fraction of sp³-hybridized carbons (Fsp3) is 0.143. The summed E-state index contributed by atoms with van der Waals surface area (Å²) in [5.41, 5.74) is 2.69. The van der Waals surface area contributed by atoms with Crippen LogP contribution in [0.15, 0.2) is 45.8 Å². The molecule has 4 nitrogen and oxygen atoms in total. The van der Waals surface area contributed by atoms with Crippen molar-refractivity contribution in [1.29, 1.82) is 0 Å². The summed E-state index contributed by atoms with van der Waals surface area (Å²) in [6.45, 7) is 2.44. The Balaban J connectivity index is 2.21. The number of hydrogen-bond donors (Lipinski definition) is 2. The van der Waals surface area contributed by atoms with Crippen LogP contribution in [0.25, 0.3) is 0 Å². The van der Waals surface area contributed by atoms with Crippen molar-refractivity contribution in [1.82, 2.24) is 0 Å². The first kappa shape index (κ1) is 16.3. The molecular weight excluding hydrogens is 376 g/mol. The minimum absolute atomic E-state index is 0.0906. The van der Waals surface area contributed by atoms with Gasteiger partial charge in [-0.2, -0.15) is 0 Å². The Labute approximate surface area is 137 Å². The summed E-state index contributed by atoms with van der Waals surface area (Å²) in [4.78, 5) is 0.0906. The predicted molar refractivity (Wildman–Crippen MR) is 89.0 cm³/mol. The number of sulfonamides is 1. The van der Waals surface area contributed by atoms with Gasteiger partial charge in [0.2, 0.25) is 10.0 Å². The van der Waals surface area contributed by atoms with Gasteiger partial charge in [-0.05, 0) is 58.2 Å². The van der Waals surface area contributed by atoms with E-state index in [1.807, 2.05) is 19.1 Å². The molecule has 0 aliphatic carbocycles. The number of halogens is 2. The molecule has 2 rings (SSSR count). The SMILES string of the molecule is Cc1ccc(S(N)(=O)=O)cc1NCc1ccc(Cl)c(Br)c1. The highest BCUT2D eigenvalue weighted by atomic mass is 79.9. The number of nitrogens with two attached hydrogens (primary N) is 1. The average Bonchev–Trinajstić information content (AvgIpc) is 2.40. The molecule has 0 saturated carbocycles. The van der Waals surface area contributed by atoms with Gasteiger partial charge in [0.05, 0.1) is 9.92 Å². The molecule has 0 bridgehead atoms. The fourth-order valence-corrected chi connectivity index (χ4v) is 2.90. The van der Waals surface area contributed by atoms with E-state index in [1.54, 1.807) is 12.1 Å². The van der Waals surface area contributed by atoms with Gasteiger partial charge in [0, 0.05) is 16.7 Å². The zero-order valence-corrected chi connectivity index (χ0v) is 14.4. The Morgan fingerprint density at radius 3 is 2.57 bits per heavy atom. The molecule has 0 heterocycles. The number of aryl methyl sites for hydroxylation is 1. The van der Waals surface area contributed by atoms with Crippen molar-refractivity contribution < 1.29 is 8.42 Å². The molecule has 7 heteroatoms. The highest BCUT2D eigenvalue weighted by Gasteiger charge is 2.10. The topological polar surface area (TPSA) is 72.2 Å². The smallest absolute Gasteiger partial charge is 0.238 e. The Morgan fingerprint density at radius 1 is 1.24 bits per heavy atom. The molecule has 0 amide bonds. The average molecular weight is 390 g/mol. The second-order valence-electron chi connectivity index (χ2n) is 4.62. The Hall–Kier alpha value is -1.08. The van der Waals surface area contributed by atoms with E-state index in [0.717, 1.165) is 21.3 Å². The van der Waals surface area contributed by atoms with Crippen molar-refractivity contribution in [2.45, 2.75) is 18.4 Å². The quantitative estimate of drug-likeness (QED) is 0.838. The van der Waals surface area contributed by atoms with E-state index in [4.69, 9.17) is 16.7 Å². The fourth-order valence-electron chi connectivity index (χ4n) is 1.82. The minimum atomic E-state index is -3.70. The Bertz CT molecular complexity index is 779. The van der Waals surface area contributed by atoms with E-state index in [-0.39, 0.29) is 4.90 Å². The number of anilines is 1. The second-order valence-corrected chi connectivity index (χ2v) is 7.45. The number of benzene rings is 2. The monoisotopic (exact) mass is 388 g/mol. The summed E-state index contributed by atoms with van der Waals surface area (Å²) in [5.74, 6) is 0. The molecule has 0 atom stereocenters. The van der Waals surface area contributed by atoms with Crippen molar-refractivity contribution in [3.63, 3.8) is 0 Å². The summed E-state index contributed by atoms with van der Waals surface area (Å²) < 4.78 is 23.6. The van der Waals surface area contributed by atoms with Crippen LogP contribution in [0.4, 0.5) is 5.69 Å². The number of rotatable bonds is 4. The Morgan fingerprint density at radius 2 is 1.95 bits per heavy atom. The molecule has 2 aromatic rings. The standard InChI is InChI=1S/C14H14BrClN2O2S/c1-9-2-4-11(21(17,19)20)7-14(9)18-8-10-3-5-13(16)12(15)6-10/h2-7,18H,8H2,1H3,(H2,17,19,20). The van der Waals surface area contributed by atoms with Gasteiger partial charge < -0.3 is 5.32 Å². The number of primary sulfonamides is 1. The van der Waals surface area contributed by atoms with Crippen molar-refractivity contribution >= 4 is 43.2 Å². The maximum absolute atomic E-state index is 11.4. The summed E-state index contributed by atoms with van der Waals surface area (Å²) in [6.07, 6.45) is 0. The van der Waals surface area contributed by atoms with Gasteiger partial charge in [-0.1, -0.05) is 23.7 Å². The van der Waals surface area contributed by atoms with Crippen LogP contribution >= 0.6 is 27.5 Å². The predicted octanol–water partition coefficient (Wildman–Crippen LogP) is 3.67. The van der Waals surface area contributed by atoms with Gasteiger partial charge in [-0.25, -0.2) is 13.6 Å². The van der Waals surface area contributed by atoms with Gasteiger partial charge in [-0.15, -0.1) is 0 Å². The third-order valence-corrected chi connectivity index (χ3v) is 5.13. The van der Waals surface area contributed by atoms with E-state index in [1.165, 1.54) is 12.1 Å². The molecule has 2 aromatic carbocycles. The summed E-state index contributed by atoms with van der Waals surface area (Å²) >= 11 is 9.32. The molecule has 0 saturated heterocycles. The molecule has 0 unspecified atom stereocenters. The van der Waals surface area contributed by atoms with Crippen LogP contribution in [0.5, 0.6) is 0 Å². The lowest BCUT2D eigenvalue weighted by Gasteiger charge is -2.11. The molecule has 21 heavy (non-hydrogen) atoms. The highest BCUT2D eigenvalue weighted by Crippen LogP contribution is 2.24. The molecule has 3 N–H and O–H groups in total. The third-order valence-electron chi connectivity index (χ3n) is 3.00. The summed E-state index contributed by atoms with van der Waals surface area (Å²) in [6, 6.07) is 10.4. The van der Waals surface area contributed by atoms with Gasteiger partial charge in [0.15, 0.2) is 0 Å². The van der Waals surface area contributed by atoms with Crippen molar-refractivity contribution in [3.8, 4) is 0 Å². The largest absolute Gasteiger partial charge is 0.381 e. The lowest BCUT2D eigenvalue weighted by Crippen LogP contribution is -2.13. The number of nitrogens with one attached hydrogen (secondary N) is 1. The zero-order valence-electron chi connectivity index (χ0n) is 11.2. The van der Waals surface area contributed by atoms with E-state index in [9.17, 15) is 8.42 Å². The molecule has 0 aliphatic rings. The molecule has 0 aromatic heterocycles. The van der Waals surface area contributed by atoms with E-state index in [2.05, 4.69) is 21.2 Å². The number of hydrogen-bond acceptors (Lipinski definition) is 3. The first-order valence-electron chi connectivity index (χ1n) is 6.08. The maximum Gasteiger partial charge on any atom is 0.238 e. The van der Waals surface area contributed by atoms with Crippen LogP contribution in [0, 0.1) is 6.92 Å². The normalized spacial score (nSPS) is 11.4. The van der Waals surface area contributed by atoms with Crippen molar-refractivity contribution in [2.24, 2.45) is 5.14 Å². The first-order chi connectivity index (χ1) is 9.77. The Kier molecular flexibility index (Phi) is 4.93. The van der Waals surface area contributed by atoms with E-state index < -0.39 is 10.0 Å². The molecule has 0 aliphatic heterocycles. The lowest BCUT2D eigenvalue weighted by molar-refractivity contribution is 0.598. The first-order valence-corrected chi connectivity index (χ1v) is 8.80. The van der Waals surface area contributed by atoms with Crippen LogP contribution in [0.3, 0.4) is 0 Å². The van der Waals surface area contributed by atoms with Crippen LogP contribution in [0.1, 0.15) is 11.1 Å². The van der Waals surface area contributed by atoms with Gasteiger partial charge in [-0.3, -0.25) is 0 Å². The molecule has 112 valence electrons. The summed E-state index contributed by atoms with van der Waals surface area (Å²) in [7, 11) is -3.70. The zero-order chi connectivity index (χ0) is 15.6. The highest BCUT2D eigenvalue weighted by molar-refractivity contribution is 9.10. The third kappa shape index (κ3) is 4.20. The second kappa shape index (κ2) is 6.36. The molecular formula is C14H14BrClN2O2S. The van der Waals surface area contributed by atoms with Gasteiger partial charge in [0.25, 0.3) is 0 Å². The lowest BCUT2D eigenvalue weighted by atomic mass is 10.2. The van der Waals surface area contributed by atoms with Crippen LogP contribution in [-0.2, 0) is 16.6 Å². The van der Waals surface area contributed by atoms with Crippen LogP contribution in [-0.4, -0.2) is 8.42 Å². The molecule has 0 radical (unpaired) electrons. The van der Waals surface area contributed by atoms with Crippen molar-refractivity contribution in [3.05, 3.63) is 57.0 Å². The minimum Gasteiger partial charge on any atom is -0.381 e. The molecule has 0 spiro atoms. The van der Waals surface area contributed by atoms with Crippen molar-refractivity contribution in [2.75, 3.05) is 5.32 Å². The molecule has 0 fully saturated rings. The van der Waals surface area contributed by atoms with Crippen LogP contribution in [0.2, 0.25) is 5.02 Å². The van der Waals surface area contributed by atoms with E-state index >= 15 is 0 Å². The van der Waals surface area contributed by atoms with Gasteiger partial charge >= 0.3 is 0 Å². The summed E-state index contributed by atoms with van der Waals surface area (Å²) in [5, 5.41) is 8.99. The van der Waals surface area contributed by atoms with Gasteiger partial charge in [0.1, 0.15) is 0 Å².